The molecule has 0 unspecified atom stereocenters. The number of rotatable bonds is 5. The van der Waals surface area contributed by atoms with Crippen LogP contribution in [-0.2, 0) is 11.3 Å². The van der Waals surface area contributed by atoms with Gasteiger partial charge in [0.15, 0.2) is 0 Å². The second-order valence-electron chi connectivity index (χ2n) is 6.24. The van der Waals surface area contributed by atoms with E-state index in [-0.39, 0.29) is 24.1 Å². The van der Waals surface area contributed by atoms with Gasteiger partial charge in [0.25, 0.3) is 11.4 Å². The van der Waals surface area contributed by atoms with E-state index in [1.54, 1.807) is 0 Å². The molecule has 1 aliphatic carbocycles. The fourth-order valence-electron chi connectivity index (χ4n) is 3.42. The van der Waals surface area contributed by atoms with Crippen molar-refractivity contribution >= 4 is 11.4 Å². The lowest BCUT2D eigenvalue weighted by Gasteiger charge is -2.15. The molecule has 134 valence electrons. The quantitative estimate of drug-likeness (QED) is 0.480. The Kier molecular flexibility index (Phi) is 4.13. The largest absolute Gasteiger partial charge is 0.364 e. The Hall–Kier alpha value is -3.58. The van der Waals surface area contributed by atoms with Crippen molar-refractivity contribution in [3.63, 3.8) is 0 Å². The van der Waals surface area contributed by atoms with Crippen molar-refractivity contribution in [2.75, 3.05) is 0 Å². The molecule has 7 nitrogen and oxygen atoms in total. The standard InChI is InChI=1S/C20H14N2O5/c23-21(24)14-9-13(10-15(11-14)22(25)26)12-27-20-18-7-3-1-5-16(18)17-6-2-4-8-19(17)20/h1-11,20H,12H2. The second kappa shape index (κ2) is 6.62. The molecule has 0 spiro atoms. The van der Waals surface area contributed by atoms with Gasteiger partial charge in [0.1, 0.15) is 6.10 Å². The van der Waals surface area contributed by atoms with Gasteiger partial charge in [-0.05, 0) is 27.8 Å². The molecule has 0 N–H and O–H groups in total. The molecule has 0 atom stereocenters. The molecule has 3 aromatic rings. The van der Waals surface area contributed by atoms with Gasteiger partial charge < -0.3 is 4.74 Å². The van der Waals surface area contributed by atoms with Crippen molar-refractivity contribution < 1.29 is 14.6 Å². The van der Waals surface area contributed by atoms with E-state index < -0.39 is 9.85 Å². The number of hydrogen-bond acceptors (Lipinski definition) is 5. The molecule has 7 heteroatoms. The highest BCUT2D eigenvalue weighted by Crippen LogP contribution is 2.45. The third-order valence-corrected chi connectivity index (χ3v) is 4.58. The number of nitrogens with zero attached hydrogens (tertiary/aromatic N) is 2. The second-order valence-corrected chi connectivity index (χ2v) is 6.24. The van der Waals surface area contributed by atoms with Crippen LogP contribution in [-0.4, -0.2) is 9.85 Å². The predicted octanol–water partition coefficient (Wildman–Crippen LogP) is 4.79. The van der Waals surface area contributed by atoms with E-state index in [1.807, 2.05) is 48.5 Å². The predicted molar refractivity (Wildman–Crippen MR) is 98.3 cm³/mol. The number of ether oxygens (including phenoxy) is 1. The molecule has 0 heterocycles. The van der Waals surface area contributed by atoms with Gasteiger partial charge in [0, 0.05) is 12.1 Å². The van der Waals surface area contributed by atoms with Gasteiger partial charge >= 0.3 is 0 Å². The monoisotopic (exact) mass is 362 g/mol. The topological polar surface area (TPSA) is 95.5 Å². The summed E-state index contributed by atoms with van der Waals surface area (Å²) >= 11 is 0. The molecule has 0 saturated carbocycles. The van der Waals surface area contributed by atoms with Crippen LogP contribution in [0.3, 0.4) is 0 Å². The van der Waals surface area contributed by atoms with E-state index >= 15 is 0 Å². The van der Waals surface area contributed by atoms with E-state index in [4.69, 9.17) is 4.74 Å². The van der Waals surface area contributed by atoms with Crippen LogP contribution in [0.4, 0.5) is 11.4 Å². The van der Waals surface area contributed by atoms with E-state index in [0.29, 0.717) is 5.56 Å². The van der Waals surface area contributed by atoms with Crippen LogP contribution in [0.5, 0.6) is 0 Å². The smallest absolute Gasteiger partial charge is 0.276 e. The molecule has 0 aromatic heterocycles. The van der Waals surface area contributed by atoms with Crippen molar-refractivity contribution in [2.24, 2.45) is 0 Å². The zero-order chi connectivity index (χ0) is 19.0. The molecule has 4 rings (SSSR count). The van der Waals surface area contributed by atoms with Gasteiger partial charge in [-0.1, -0.05) is 48.5 Å². The first-order chi connectivity index (χ1) is 13.0. The Labute approximate surface area is 154 Å². The lowest BCUT2D eigenvalue weighted by molar-refractivity contribution is -0.394. The highest BCUT2D eigenvalue weighted by Gasteiger charge is 2.29. The molecule has 0 radical (unpaired) electrons. The summed E-state index contributed by atoms with van der Waals surface area (Å²) in [5.41, 5.74) is 3.94. The fourth-order valence-corrected chi connectivity index (χ4v) is 3.42. The van der Waals surface area contributed by atoms with Crippen LogP contribution in [0.15, 0.2) is 66.7 Å². The molecule has 0 bridgehead atoms. The molecule has 0 amide bonds. The van der Waals surface area contributed by atoms with Crippen LogP contribution in [0.2, 0.25) is 0 Å². The number of fused-ring (bicyclic) bond motifs is 3. The van der Waals surface area contributed by atoms with E-state index in [1.165, 1.54) is 12.1 Å². The third kappa shape index (κ3) is 3.04. The maximum atomic E-state index is 11.1. The molecule has 1 aliphatic rings. The van der Waals surface area contributed by atoms with Gasteiger partial charge in [-0.25, -0.2) is 0 Å². The van der Waals surface area contributed by atoms with Gasteiger partial charge in [0.2, 0.25) is 0 Å². The molecule has 3 aromatic carbocycles. The third-order valence-electron chi connectivity index (χ3n) is 4.58. The van der Waals surface area contributed by atoms with Gasteiger partial charge in [-0.15, -0.1) is 0 Å². The van der Waals surface area contributed by atoms with Crippen LogP contribution < -0.4 is 0 Å². The maximum absolute atomic E-state index is 11.1. The normalized spacial score (nSPS) is 12.4. The van der Waals surface area contributed by atoms with Crippen LogP contribution in [0, 0.1) is 20.2 Å². The maximum Gasteiger partial charge on any atom is 0.276 e. The fraction of sp³-hybridized carbons (Fsp3) is 0.100. The Balaban J connectivity index is 1.66. The van der Waals surface area contributed by atoms with E-state index in [9.17, 15) is 20.2 Å². The summed E-state index contributed by atoms with van der Waals surface area (Å²) in [5, 5.41) is 22.1. The van der Waals surface area contributed by atoms with Crippen molar-refractivity contribution in [3.05, 3.63) is 104 Å². The number of hydrogen-bond donors (Lipinski definition) is 0. The summed E-state index contributed by atoms with van der Waals surface area (Å²) < 4.78 is 6.07. The molecule has 0 aliphatic heterocycles. The van der Waals surface area contributed by atoms with Crippen LogP contribution >= 0.6 is 0 Å². The van der Waals surface area contributed by atoms with Crippen molar-refractivity contribution in [1.29, 1.82) is 0 Å². The minimum atomic E-state index is -0.642. The highest BCUT2D eigenvalue weighted by atomic mass is 16.6. The summed E-state index contributed by atoms with van der Waals surface area (Å²) in [6.45, 7) is 0.0237. The summed E-state index contributed by atoms with van der Waals surface area (Å²) in [7, 11) is 0. The zero-order valence-electron chi connectivity index (χ0n) is 14.1. The first-order valence-corrected chi connectivity index (χ1v) is 8.27. The molecular weight excluding hydrogens is 348 g/mol. The zero-order valence-corrected chi connectivity index (χ0v) is 14.1. The van der Waals surface area contributed by atoms with Crippen LogP contribution in [0.1, 0.15) is 22.8 Å². The highest BCUT2D eigenvalue weighted by molar-refractivity contribution is 5.78. The molecular formula is C20H14N2O5. The summed E-state index contributed by atoms with van der Waals surface area (Å²) in [5.74, 6) is 0. The lowest BCUT2D eigenvalue weighted by atomic mass is 10.1. The van der Waals surface area contributed by atoms with Crippen LogP contribution in [0.25, 0.3) is 11.1 Å². The number of benzene rings is 3. The first-order valence-electron chi connectivity index (χ1n) is 8.27. The number of nitro benzene ring substituents is 2. The van der Waals surface area contributed by atoms with Crippen molar-refractivity contribution in [3.8, 4) is 11.1 Å². The first kappa shape index (κ1) is 16.9. The van der Waals surface area contributed by atoms with Gasteiger partial charge in [-0.3, -0.25) is 20.2 Å². The number of non-ortho nitro benzene ring substituents is 2. The summed E-state index contributed by atoms with van der Waals surface area (Å²) in [4.78, 5) is 20.8. The van der Waals surface area contributed by atoms with Gasteiger partial charge in [0.05, 0.1) is 22.5 Å². The Bertz CT molecular complexity index is 986. The average molecular weight is 362 g/mol. The molecule has 0 saturated heterocycles. The lowest BCUT2D eigenvalue weighted by Crippen LogP contribution is -2.04. The summed E-state index contributed by atoms with van der Waals surface area (Å²) in [6, 6.07) is 19.4. The summed E-state index contributed by atoms with van der Waals surface area (Å²) in [6.07, 6.45) is -0.323. The Morgan fingerprint density at radius 3 is 1.74 bits per heavy atom. The van der Waals surface area contributed by atoms with E-state index in [2.05, 4.69) is 0 Å². The van der Waals surface area contributed by atoms with Crippen molar-refractivity contribution in [1.82, 2.24) is 0 Å². The van der Waals surface area contributed by atoms with E-state index in [0.717, 1.165) is 28.3 Å². The minimum absolute atomic E-state index is 0.0237. The molecule has 27 heavy (non-hydrogen) atoms. The minimum Gasteiger partial charge on any atom is -0.364 e. The van der Waals surface area contributed by atoms with Gasteiger partial charge in [-0.2, -0.15) is 0 Å². The number of nitro groups is 2. The Morgan fingerprint density at radius 2 is 1.26 bits per heavy atom. The Morgan fingerprint density at radius 1 is 0.778 bits per heavy atom. The molecule has 0 fully saturated rings. The van der Waals surface area contributed by atoms with Crippen molar-refractivity contribution in [2.45, 2.75) is 12.7 Å². The average Bonchev–Trinajstić information content (AvgIpc) is 3.00. The SMILES string of the molecule is O=[N+]([O-])c1cc(COC2c3ccccc3-c3ccccc32)cc([N+](=O)[O-])c1.